The van der Waals surface area contributed by atoms with Crippen LogP contribution >= 0.6 is 15.3 Å². The number of phosphoric ester groups is 1. The van der Waals surface area contributed by atoms with Crippen LogP contribution < -0.4 is 11.5 Å². The van der Waals surface area contributed by atoms with Gasteiger partial charge in [-0.15, -0.1) is 0 Å². The Bertz CT molecular complexity index is 1630. The molecule has 3 saturated heterocycles. The van der Waals surface area contributed by atoms with Gasteiger partial charge in [0.15, 0.2) is 22.9 Å². The molecule has 3 aliphatic heterocycles. The second-order valence-electron chi connectivity index (χ2n) is 10.0. The first-order valence-corrected chi connectivity index (χ1v) is 16.3. The number of hydrogen-bond donors (Lipinski definition) is 3. The molecule has 2 unspecified atom stereocenters. The van der Waals surface area contributed by atoms with Crippen molar-refractivity contribution < 1.29 is 41.6 Å². The van der Waals surface area contributed by atoms with Crippen molar-refractivity contribution in [2.24, 2.45) is 0 Å². The molecule has 5 N–H and O–H groups in total. The minimum atomic E-state index is -4.64. The standard InChI is InChI=1S/C20H25BN10O9P2/c21-41(32)35-3-11-10(2-14(37-11)31-8-29-16-18(23)25-6-27-20(16)31)40-42(33,34)36-4-12-9(39-41)1-13(38-12)30-7-28-15-17(22)24-5-26-19(15)30/h5-14H,1-4,21H2,(H,33,34)(H2,22,24,26)(H2,23,25,27)/t9-,10-,11+,12+,13+,14+,41?/m0/s1. The van der Waals surface area contributed by atoms with Gasteiger partial charge in [-0.3, -0.25) is 22.7 Å². The van der Waals surface area contributed by atoms with Crippen molar-refractivity contribution in [1.29, 1.82) is 0 Å². The van der Waals surface area contributed by atoms with E-state index in [-0.39, 0.29) is 31.1 Å². The maximum atomic E-state index is 13.5. The fourth-order valence-electron chi connectivity index (χ4n) is 5.28. The van der Waals surface area contributed by atoms with Crippen molar-refractivity contribution in [2.75, 3.05) is 24.7 Å². The summed E-state index contributed by atoms with van der Waals surface area (Å²) in [7, 11) is -7.02. The SMILES string of the molecule is BP1(=O)OC[C@H]2O[C@@H](n3cnc4c(N)ncnc43)C[C@@H]2OP(=O)(O)OC[C@H]2O[C@@H](n3cnc4c(N)ncnc43)C[C@@H]2O1. The van der Waals surface area contributed by atoms with Crippen LogP contribution in [0.5, 0.6) is 0 Å². The first-order chi connectivity index (χ1) is 20.1. The minimum Gasteiger partial charge on any atom is -0.382 e. The molecule has 0 spiro atoms. The molecule has 0 saturated carbocycles. The number of nitrogens with zero attached hydrogens (tertiary/aromatic N) is 8. The molecule has 8 atom stereocenters. The molecular weight excluding hydrogens is 597 g/mol. The second-order valence-corrected chi connectivity index (χ2v) is 13.4. The zero-order valence-electron chi connectivity index (χ0n) is 21.9. The van der Waals surface area contributed by atoms with Gasteiger partial charge in [0.2, 0.25) is 0 Å². The third-order valence-corrected chi connectivity index (χ3v) is 9.51. The van der Waals surface area contributed by atoms with E-state index in [4.69, 9.17) is 39.0 Å². The third kappa shape index (κ3) is 5.08. The van der Waals surface area contributed by atoms with Crippen LogP contribution in [0.1, 0.15) is 25.3 Å². The summed E-state index contributed by atoms with van der Waals surface area (Å²) < 4.78 is 64.5. The lowest BCUT2D eigenvalue weighted by Gasteiger charge is -2.28. The zero-order chi connectivity index (χ0) is 29.2. The van der Waals surface area contributed by atoms with Crippen LogP contribution in [0.15, 0.2) is 25.3 Å². The number of aromatic nitrogens is 8. The predicted molar refractivity (Wildman–Crippen MR) is 144 cm³/mol. The van der Waals surface area contributed by atoms with Crippen molar-refractivity contribution in [1.82, 2.24) is 39.0 Å². The van der Waals surface area contributed by atoms with Gasteiger partial charge in [-0.2, -0.15) is 0 Å². The molecule has 222 valence electrons. The molecule has 3 aliphatic rings. The monoisotopic (exact) mass is 622 g/mol. The van der Waals surface area contributed by atoms with Gasteiger partial charge in [-0.05, 0) is 0 Å². The number of nitrogen functional groups attached to an aromatic ring is 2. The van der Waals surface area contributed by atoms with E-state index in [2.05, 4.69) is 29.9 Å². The quantitative estimate of drug-likeness (QED) is 0.197. The van der Waals surface area contributed by atoms with E-state index in [1.54, 1.807) is 9.13 Å². The molecule has 0 aliphatic carbocycles. The topological polar surface area (TPSA) is 249 Å². The lowest BCUT2D eigenvalue weighted by Crippen LogP contribution is -2.32. The average molecular weight is 622 g/mol. The van der Waals surface area contributed by atoms with E-state index < -0.39 is 58.8 Å². The van der Waals surface area contributed by atoms with Gasteiger partial charge in [0.1, 0.15) is 54.5 Å². The van der Waals surface area contributed by atoms with Crippen LogP contribution in [-0.2, 0) is 36.7 Å². The maximum absolute atomic E-state index is 13.5. The fraction of sp³-hybridized carbons (Fsp3) is 0.500. The molecule has 7 heterocycles. The number of fused-ring (bicyclic) bond motifs is 4. The molecule has 42 heavy (non-hydrogen) atoms. The van der Waals surface area contributed by atoms with Gasteiger partial charge in [0, 0.05) is 12.8 Å². The van der Waals surface area contributed by atoms with Crippen LogP contribution in [0.3, 0.4) is 0 Å². The Hall–Kier alpha value is -3.06. The maximum Gasteiger partial charge on any atom is 0.472 e. The van der Waals surface area contributed by atoms with E-state index in [1.165, 1.54) is 32.9 Å². The largest absolute Gasteiger partial charge is 0.472 e. The molecule has 7 rings (SSSR count). The molecule has 0 aromatic carbocycles. The highest BCUT2D eigenvalue weighted by atomic mass is 31.2. The van der Waals surface area contributed by atoms with Crippen LogP contribution in [0.4, 0.5) is 11.6 Å². The summed E-state index contributed by atoms with van der Waals surface area (Å²) in [6, 6.07) is 0. The van der Waals surface area contributed by atoms with Crippen molar-refractivity contribution >= 4 is 56.8 Å². The number of anilines is 2. The predicted octanol–water partition coefficient (Wildman–Crippen LogP) is 0.0644. The molecule has 4 aromatic rings. The Morgan fingerprint density at radius 3 is 1.81 bits per heavy atom. The summed E-state index contributed by atoms with van der Waals surface area (Å²) in [5, 5.41) is 0. The van der Waals surface area contributed by atoms with Crippen LogP contribution in [0.2, 0.25) is 0 Å². The van der Waals surface area contributed by atoms with Crippen LogP contribution in [0, 0.1) is 0 Å². The Morgan fingerprint density at radius 2 is 1.26 bits per heavy atom. The lowest BCUT2D eigenvalue weighted by molar-refractivity contribution is -0.0602. The summed E-state index contributed by atoms with van der Waals surface area (Å²) in [4.78, 5) is 35.4. The highest BCUT2D eigenvalue weighted by Gasteiger charge is 2.47. The molecule has 22 heteroatoms. The minimum absolute atomic E-state index is 0.0928. The number of rotatable bonds is 2. The Kier molecular flexibility index (Phi) is 6.80. The highest BCUT2D eigenvalue weighted by molar-refractivity contribution is 7.79. The summed E-state index contributed by atoms with van der Waals surface area (Å²) in [5.74, 6) is 0.384. The van der Waals surface area contributed by atoms with Gasteiger partial charge in [0.25, 0.3) is 15.0 Å². The van der Waals surface area contributed by atoms with Crippen molar-refractivity contribution in [3.05, 3.63) is 25.3 Å². The van der Waals surface area contributed by atoms with Crippen LogP contribution in [-0.4, -0.2) is 89.1 Å². The average Bonchev–Trinajstić information content (AvgIpc) is 3.71. The van der Waals surface area contributed by atoms with E-state index in [0.29, 0.717) is 22.3 Å². The molecule has 0 amide bonds. The second kappa shape index (κ2) is 10.3. The molecule has 4 aromatic heterocycles. The molecule has 0 bridgehead atoms. The van der Waals surface area contributed by atoms with Crippen LogP contribution in [0.25, 0.3) is 22.3 Å². The van der Waals surface area contributed by atoms with E-state index in [0.717, 1.165) is 0 Å². The van der Waals surface area contributed by atoms with Gasteiger partial charge < -0.3 is 34.9 Å². The lowest BCUT2D eigenvalue weighted by atomic mass is 10.2. The van der Waals surface area contributed by atoms with E-state index >= 15 is 0 Å². The van der Waals surface area contributed by atoms with E-state index in [9.17, 15) is 14.0 Å². The Morgan fingerprint density at radius 1 is 0.762 bits per heavy atom. The van der Waals surface area contributed by atoms with Gasteiger partial charge in [-0.1, -0.05) is 0 Å². The summed E-state index contributed by atoms with van der Waals surface area (Å²) in [5.41, 5.74) is 13.4. The normalized spacial score (nSPS) is 35.9. The van der Waals surface area contributed by atoms with E-state index in [1.807, 2.05) is 0 Å². The summed E-state index contributed by atoms with van der Waals surface area (Å²) in [6.45, 7) is -0.689. The van der Waals surface area contributed by atoms with Crippen molar-refractivity contribution in [3.63, 3.8) is 0 Å². The molecule has 0 radical (unpaired) electrons. The Balaban J connectivity index is 1.12. The van der Waals surface area contributed by atoms with Crippen molar-refractivity contribution in [2.45, 2.75) is 49.7 Å². The number of phosphoric acid groups is 1. The van der Waals surface area contributed by atoms with Gasteiger partial charge in [0.05, 0.1) is 32.0 Å². The highest BCUT2D eigenvalue weighted by Crippen LogP contribution is 2.53. The molecular formula is C20H25BN10O9P2. The summed E-state index contributed by atoms with van der Waals surface area (Å²) >= 11 is 0. The summed E-state index contributed by atoms with van der Waals surface area (Å²) in [6.07, 6.45) is 0.702. The number of hydrogen-bond acceptors (Lipinski definition) is 16. The fourth-order valence-corrected chi connectivity index (χ4v) is 7.43. The zero-order valence-corrected chi connectivity index (χ0v) is 23.7. The molecule has 3 fully saturated rings. The van der Waals surface area contributed by atoms with Crippen molar-refractivity contribution in [3.8, 4) is 0 Å². The first-order valence-electron chi connectivity index (χ1n) is 12.8. The number of imidazole rings is 2. The van der Waals surface area contributed by atoms with Gasteiger partial charge in [-0.25, -0.2) is 34.5 Å². The molecule has 19 nitrogen and oxygen atoms in total. The number of ether oxygens (including phenoxy) is 2. The number of nitrogens with two attached hydrogens (primary N) is 2. The Labute approximate surface area is 237 Å². The smallest absolute Gasteiger partial charge is 0.382 e. The third-order valence-electron chi connectivity index (χ3n) is 7.23. The first kappa shape index (κ1) is 27.8. The van der Waals surface area contributed by atoms with Gasteiger partial charge >= 0.3 is 7.82 Å².